The van der Waals surface area contributed by atoms with Crippen molar-refractivity contribution in [3.8, 4) is 0 Å². The van der Waals surface area contributed by atoms with Gasteiger partial charge in [0.1, 0.15) is 10.2 Å². The van der Waals surface area contributed by atoms with Gasteiger partial charge in [0.2, 0.25) is 0 Å². The molecule has 2 fully saturated rings. The molecule has 1 aromatic rings. The summed E-state index contributed by atoms with van der Waals surface area (Å²) in [6, 6.07) is 0. The number of likely N-dealkylation sites (tertiary alicyclic amines) is 1. The summed E-state index contributed by atoms with van der Waals surface area (Å²) in [6.07, 6.45) is 3.39. The van der Waals surface area contributed by atoms with E-state index in [-0.39, 0.29) is 6.09 Å². The summed E-state index contributed by atoms with van der Waals surface area (Å²) in [6.45, 7) is 12.7. The van der Waals surface area contributed by atoms with E-state index in [0.29, 0.717) is 11.5 Å². The molecule has 1 saturated carbocycles. The van der Waals surface area contributed by atoms with Crippen LogP contribution in [0.5, 0.6) is 0 Å². The summed E-state index contributed by atoms with van der Waals surface area (Å²) in [5.41, 5.74) is 2.51. The molecule has 0 spiro atoms. The van der Waals surface area contributed by atoms with E-state index in [0.717, 1.165) is 43.7 Å². The van der Waals surface area contributed by atoms with Gasteiger partial charge in [-0.05, 0) is 56.5 Å². The van der Waals surface area contributed by atoms with Gasteiger partial charge in [-0.2, -0.15) is 5.10 Å². The fourth-order valence-corrected chi connectivity index (χ4v) is 4.89. The third-order valence-electron chi connectivity index (χ3n) is 6.15. The Kier molecular flexibility index (Phi) is 4.38. The lowest BCUT2D eigenvalue weighted by Gasteiger charge is -2.47. The van der Waals surface area contributed by atoms with Crippen molar-refractivity contribution >= 4 is 22.0 Å². The van der Waals surface area contributed by atoms with Crippen molar-refractivity contribution in [1.82, 2.24) is 19.6 Å². The zero-order valence-electron chi connectivity index (χ0n) is 16.2. The fourth-order valence-electron chi connectivity index (χ4n) is 4.47. The number of ether oxygens (including phenoxy) is 1. The Hall–Kier alpha value is -1.08. The number of fused-ring (bicyclic) bond motifs is 1. The van der Waals surface area contributed by atoms with Crippen molar-refractivity contribution in [3.05, 3.63) is 15.9 Å². The van der Waals surface area contributed by atoms with Crippen LogP contribution >= 0.6 is 15.9 Å². The molecule has 1 aromatic heterocycles. The molecule has 0 N–H and O–H groups in total. The van der Waals surface area contributed by atoms with Crippen LogP contribution in [0.1, 0.15) is 44.9 Å². The number of hydrogen-bond acceptors (Lipinski definition) is 4. The molecule has 3 aliphatic rings. The third kappa shape index (κ3) is 3.17. The van der Waals surface area contributed by atoms with Gasteiger partial charge in [0, 0.05) is 55.3 Å². The summed E-state index contributed by atoms with van der Waals surface area (Å²) in [4.78, 5) is 16.8. The van der Waals surface area contributed by atoms with E-state index in [1.165, 1.54) is 24.1 Å². The van der Waals surface area contributed by atoms with Crippen LogP contribution in [0, 0.1) is 12.8 Å². The molecule has 144 valence electrons. The average molecular weight is 425 g/mol. The quantitative estimate of drug-likeness (QED) is 0.730. The highest BCUT2D eigenvalue weighted by Gasteiger charge is 2.58. The normalized spacial score (nSPS) is 23.2. The molecular weight excluding hydrogens is 396 g/mol. The second kappa shape index (κ2) is 6.23. The van der Waals surface area contributed by atoms with Gasteiger partial charge in [0.25, 0.3) is 0 Å². The van der Waals surface area contributed by atoms with Crippen LogP contribution in [-0.4, -0.2) is 63.0 Å². The number of nitrogens with zero attached hydrogens (tertiary/aromatic N) is 4. The largest absolute Gasteiger partial charge is 0.444 e. The molecular formula is C19H29BrN4O2. The van der Waals surface area contributed by atoms with Crippen molar-refractivity contribution in [1.29, 1.82) is 0 Å². The molecule has 26 heavy (non-hydrogen) atoms. The standard InChI is InChI=1S/C19H29BrN4O2/c1-13-15-5-8-23(9-10-24(15)21-16(13)20)19(6-7-19)14-11-22(12-14)17(25)26-18(2,3)4/h14H,5-12H2,1-4H3. The maximum atomic E-state index is 12.2. The highest BCUT2D eigenvalue weighted by molar-refractivity contribution is 9.10. The SMILES string of the molecule is Cc1c(Br)nn2c1CCN(C1(C3CN(C(=O)OC(C)(C)C)C3)CC1)CC2. The highest BCUT2D eigenvalue weighted by Crippen LogP contribution is 2.51. The first kappa shape index (κ1) is 18.3. The predicted octanol–water partition coefficient (Wildman–Crippen LogP) is 3.21. The van der Waals surface area contributed by atoms with Crippen LogP contribution in [0.2, 0.25) is 0 Å². The second-order valence-electron chi connectivity index (χ2n) is 9.01. The maximum Gasteiger partial charge on any atom is 0.410 e. The lowest BCUT2D eigenvalue weighted by Crippen LogP contribution is -2.60. The molecule has 4 rings (SSSR count). The smallest absolute Gasteiger partial charge is 0.410 e. The predicted molar refractivity (Wildman–Crippen MR) is 103 cm³/mol. The van der Waals surface area contributed by atoms with Crippen LogP contribution in [0.25, 0.3) is 0 Å². The maximum absolute atomic E-state index is 12.2. The Morgan fingerprint density at radius 1 is 1.23 bits per heavy atom. The molecule has 6 nitrogen and oxygen atoms in total. The van der Waals surface area contributed by atoms with Gasteiger partial charge < -0.3 is 9.64 Å². The van der Waals surface area contributed by atoms with E-state index >= 15 is 0 Å². The Bertz CT molecular complexity index is 714. The van der Waals surface area contributed by atoms with Gasteiger partial charge in [0.05, 0.1) is 6.54 Å². The molecule has 1 saturated heterocycles. The molecule has 0 unspecified atom stereocenters. The summed E-state index contributed by atoms with van der Waals surface area (Å²) in [7, 11) is 0. The number of carbonyl (C=O) groups is 1. The molecule has 3 heterocycles. The molecule has 0 aromatic carbocycles. The number of carbonyl (C=O) groups excluding carboxylic acids is 1. The zero-order chi connectivity index (χ0) is 18.7. The highest BCUT2D eigenvalue weighted by atomic mass is 79.9. The third-order valence-corrected chi connectivity index (χ3v) is 6.90. The number of rotatable bonds is 2. The van der Waals surface area contributed by atoms with Gasteiger partial charge in [-0.25, -0.2) is 4.79 Å². The number of halogens is 1. The molecule has 1 amide bonds. The summed E-state index contributed by atoms with van der Waals surface area (Å²) >= 11 is 3.56. The zero-order valence-corrected chi connectivity index (χ0v) is 17.8. The topological polar surface area (TPSA) is 50.6 Å². The second-order valence-corrected chi connectivity index (χ2v) is 9.76. The van der Waals surface area contributed by atoms with E-state index < -0.39 is 5.60 Å². The molecule has 0 atom stereocenters. The summed E-state index contributed by atoms with van der Waals surface area (Å²) in [5.74, 6) is 0.577. The first-order valence-corrected chi connectivity index (χ1v) is 10.4. The first-order valence-electron chi connectivity index (χ1n) is 9.64. The molecule has 2 aliphatic heterocycles. The van der Waals surface area contributed by atoms with E-state index in [9.17, 15) is 4.79 Å². The lowest BCUT2D eigenvalue weighted by molar-refractivity contribution is -0.0257. The van der Waals surface area contributed by atoms with Crippen LogP contribution in [-0.2, 0) is 17.7 Å². The van der Waals surface area contributed by atoms with Crippen molar-refractivity contribution < 1.29 is 9.53 Å². The van der Waals surface area contributed by atoms with Gasteiger partial charge in [-0.15, -0.1) is 0 Å². The van der Waals surface area contributed by atoms with Crippen LogP contribution in [0.3, 0.4) is 0 Å². The van der Waals surface area contributed by atoms with E-state index in [1.54, 1.807) is 0 Å². The van der Waals surface area contributed by atoms with Crippen molar-refractivity contribution in [2.45, 2.75) is 64.6 Å². The monoisotopic (exact) mass is 424 g/mol. The lowest BCUT2D eigenvalue weighted by atomic mass is 9.88. The number of amides is 1. The van der Waals surface area contributed by atoms with Crippen LogP contribution in [0.4, 0.5) is 4.79 Å². The van der Waals surface area contributed by atoms with Gasteiger partial charge in [-0.1, -0.05) is 0 Å². The van der Waals surface area contributed by atoms with Crippen molar-refractivity contribution in [2.24, 2.45) is 5.92 Å². The number of aromatic nitrogens is 2. The van der Waals surface area contributed by atoms with Crippen molar-refractivity contribution in [3.63, 3.8) is 0 Å². The molecule has 7 heteroatoms. The molecule has 1 aliphatic carbocycles. The Labute approximate surface area is 164 Å². The fraction of sp³-hybridized carbons (Fsp3) is 0.789. The van der Waals surface area contributed by atoms with E-state index in [4.69, 9.17) is 4.74 Å². The van der Waals surface area contributed by atoms with Crippen molar-refractivity contribution in [2.75, 3.05) is 26.2 Å². The van der Waals surface area contributed by atoms with Crippen LogP contribution < -0.4 is 0 Å². The summed E-state index contributed by atoms with van der Waals surface area (Å²) < 4.78 is 8.65. The van der Waals surface area contributed by atoms with Crippen LogP contribution in [0.15, 0.2) is 4.60 Å². The Morgan fingerprint density at radius 3 is 2.54 bits per heavy atom. The first-order chi connectivity index (χ1) is 12.2. The number of hydrogen-bond donors (Lipinski definition) is 0. The van der Waals surface area contributed by atoms with Gasteiger partial charge in [-0.3, -0.25) is 9.58 Å². The summed E-state index contributed by atoms with van der Waals surface area (Å²) in [5, 5.41) is 4.63. The minimum absolute atomic E-state index is 0.166. The van der Waals surface area contributed by atoms with E-state index in [1.807, 2.05) is 25.7 Å². The molecule has 0 bridgehead atoms. The minimum Gasteiger partial charge on any atom is -0.444 e. The van der Waals surface area contributed by atoms with Gasteiger partial charge >= 0.3 is 6.09 Å². The average Bonchev–Trinajstić information content (AvgIpc) is 3.23. The van der Waals surface area contributed by atoms with E-state index in [2.05, 4.69) is 37.5 Å². The Morgan fingerprint density at radius 2 is 1.92 bits per heavy atom. The Balaban J connectivity index is 1.37. The molecule has 0 radical (unpaired) electrons. The minimum atomic E-state index is -0.420. The van der Waals surface area contributed by atoms with Gasteiger partial charge in [0.15, 0.2) is 0 Å².